The van der Waals surface area contributed by atoms with E-state index in [4.69, 9.17) is 15.3 Å². The predicted molar refractivity (Wildman–Crippen MR) is 68.5 cm³/mol. The quantitative estimate of drug-likeness (QED) is 0.642. The van der Waals surface area contributed by atoms with E-state index >= 15 is 0 Å². The maximum absolute atomic E-state index is 9.10. The van der Waals surface area contributed by atoms with Crippen LogP contribution in [0.15, 0.2) is 0 Å². The van der Waals surface area contributed by atoms with Crippen LogP contribution in [0, 0.1) is 5.41 Å². The van der Waals surface area contributed by atoms with E-state index in [1.807, 2.05) is 20.8 Å². The van der Waals surface area contributed by atoms with Crippen LogP contribution < -0.4 is 0 Å². The fourth-order valence-corrected chi connectivity index (χ4v) is 0. The van der Waals surface area contributed by atoms with Gasteiger partial charge in [0.2, 0.25) is 0 Å². The molecule has 0 rings (SSSR count). The van der Waals surface area contributed by atoms with E-state index in [2.05, 4.69) is 0 Å². The molecule has 0 aliphatic carbocycles. The van der Waals surface area contributed by atoms with Gasteiger partial charge in [-0.3, -0.25) is 0 Å². The molecule has 0 aliphatic rings. The zero-order chi connectivity index (χ0) is 13.1. The summed E-state index contributed by atoms with van der Waals surface area (Å²) in [5, 5.41) is 27.1. The summed E-state index contributed by atoms with van der Waals surface area (Å²) in [6.45, 7) is 14.1. The third kappa shape index (κ3) is 10.4. The lowest BCUT2D eigenvalue weighted by atomic mass is 9.90. The third-order valence-electron chi connectivity index (χ3n) is 2.75. The molecule has 0 bridgehead atoms. The van der Waals surface area contributed by atoms with Crippen molar-refractivity contribution in [1.29, 1.82) is 0 Å². The monoisotopic (exact) mass is 239 g/mol. The van der Waals surface area contributed by atoms with Gasteiger partial charge in [-0.2, -0.15) is 0 Å². The molecule has 102 valence electrons. The average molecular weight is 239 g/mol. The van der Waals surface area contributed by atoms with Crippen LogP contribution in [0.1, 0.15) is 56.8 Å². The topological polar surface area (TPSA) is 92.2 Å². The van der Waals surface area contributed by atoms with E-state index in [0.717, 1.165) is 0 Å². The van der Waals surface area contributed by atoms with Crippen molar-refractivity contribution in [2.24, 2.45) is 5.41 Å². The summed E-state index contributed by atoms with van der Waals surface area (Å²) >= 11 is 0. The Morgan fingerprint density at radius 3 is 0.938 bits per heavy atom. The Bertz CT molecular complexity index is 160. The molecule has 0 saturated carbocycles. The van der Waals surface area contributed by atoms with Gasteiger partial charge in [-0.15, -0.1) is 0 Å². The smallest absolute Gasteiger partial charge is 0.412 e. The molecule has 0 spiro atoms. The van der Waals surface area contributed by atoms with Crippen molar-refractivity contribution in [3.8, 4) is 0 Å². The van der Waals surface area contributed by atoms with Gasteiger partial charge in [0, 0.05) is 0 Å². The van der Waals surface area contributed by atoms with Gasteiger partial charge in [0.15, 0.2) is 0 Å². The van der Waals surface area contributed by atoms with Crippen LogP contribution in [0.5, 0.6) is 0 Å². The molecule has 0 heterocycles. The second-order valence-corrected chi connectivity index (χ2v) is 6.16. The molecule has 1 unspecified atom stereocenters. The second kappa shape index (κ2) is 6.55. The lowest BCUT2D eigenvalue weighted by Gasteiger charge is -2.31. The largest absolute Gasteiger partial charge is 1.00 e. The van der Waals surface area contributed by atoms with Crippen LogP contribution in [-0.4, -0.2) is 38.1 Å². The van der Waals surface area contributed by atoms with E-state index < -0.39 is 11.2 Å². The summed E-state index contributed by atoms with van der Waals surface area (Å²) in [6, 6.07) is 0. The minimum Gasteiger partial charge on any atom is -0.412 e. The predicted octanol–water partition coefficient (Wildman–Crippen LogP) is 1.23. The number of aliphatic hydroxyl groups excluding tert-OH is 1. The summed E-state index contributed by atoms with van der Waals surface area (Å²) in [7, 11) is 0. The molecular formula is C12H31O4+. The highest BCUT2D eigenvalue weighted by molar-refractivity contribution is 4.84. The molecule has 0 aliphatic heterocycles. The Labute approximate surface area is 101 Å². The summed E-state index contributed by atoms with van der Waals surface area (Å²) in [4.78, 5) is 0. The number of aliphatic hydroxyl groups is 3. The van der Waals surface area contributed by atoms with Crippen molar-refractivity contribution < 1.29 is 22.2 Å². The molecule has 4 nitrogen and oxygen atoms in total. The lowest BCUT2D eigenvalue weighted by molar-refractivity contribution is -0.107. The lowest BCUT2D eigenvalue weighted by Crippen LogP contribution is -2.44. The molecule has 1 atom stereocenters. The average Bonchev–Trinajstić information content (AvgIpc) is 1.80. The van der Waals surface area contributed by atoms with Crippen molar-refractivity contribution >= 4 is 0 Å². The van der Waals surface area contributed by atoms with Gasteiger partial charge in [0.1, 0.15) is 0 Å². The first-order valence-electron chi connectivity index (χ1n) is 5.32. The molecule has 0 aromatic rings. The third-order valence-corrected chi connectivity index (χ3v) is 2.75. The Hall–Kier alpha value is -0.160. The van der Waals surface area contributed by atoms with E-state index in [1.165, 1.54) is 0 Å². The molecule has 0 amide bonds. The van der Waals surface area contributed by atoms with Crippen molar-refractivity contribution in [1.82, 2.24) is 0 Å². The molecule has 4 heteroatoms. The van der Waals surface area contributed by atoms with Gasteiger partial charge in [-0.25, -0.2) is 0 Å². The highest BCUT2D eigenvalue weighted by Crippen LogP contribution is 2.19. The first-order chi connectivity index (χ1) is 6.19. The van der Waals surface area contributed by atoms with Crippen LogP contribution in [0.3, 0.4) is 0 Å². The number of rotatable bonds is 1. The highest BCUT2D eigenvalue weighted by atomic mass is 16.3. The Morgan fingerprint density at radius 2 is 0.938 bits per heavy atom. The first kappa shape index (κ1) is 21.2. The van der Waals surface area contributed by atoms with Crippen LogP contribution in [0.25, 0.3) is 0 Å². The van der Waals surface area contributed by atoms with Gasteiger partial charge in [-0.05, 0) is 40.0 Å². The minimum absolute atomic E-state index is 0. The number of hydrogen-bond donors (Lipinski definition) is 3. The van der Waals surface area contributed by atoms with Crippen LogP contribution in [0.4, 0.5) is 0 Å². The maximum atomic E-state index is 9.10. The van der Waals surface area contributed by atoms with E-state index in [1.54, 1.807) is 34.6 Å². The van der Waals surface area contributed by atoms with Crippen molar-refractivity contribution in [2.45, 2.75) is 72.7 Å². The second-order valence-electron chi connectivity index (χ2n) is 6.16. The van der Waals surface area contributed by atoms with Gasteiger partial charge >= 0.3 is 1.43 Å². The standard InChI is InChI=1S/C6H14O2.C6H14O.H2O/c1-5(2,7)6(3,4)8;1-5(7)6(2,3)4;/h7-8H,1-4H3;5,7H,1-4H3;1H2/p+1. The molecular weight excluding hydrogens is 208 g/mol. The fraction of sp³-hybridized carbons (Fsp3) is 1.00. The molecule has 16 heavy (non-hydrogen) atoms. The van der Waals surface area contributed by atoms with E-state index in [0.29, 0.717) is 0 Å². The van der Waals surface area contributed by atoms with Gasteiger partial charge in [0.05, 0.1) is 17.3 Å². The normalized spacial score (nSPS) is 14.4. The molecule has 0 aromatic carbocycles. The fourth-order valence-electron chi connectivity index (χ4n) is 0. The summed E-state index contributed by atoms with van der Waals surface area (Å²) in [5.74, 6) is 0. The van der Waals surface area contributed by atoms with Crippen LogP contribution >= 0.6 is 0 Å². The highest BCUT2D eigenvalue weighted by Gasteiger charge is 2.31. The van der Waals surface area contributed by atoms with Crippen LogP contribution in [-0.2, 0) is 0 Å². The zero-order valence-corrected chi connectivity index (χ0v) is 11.9. The van der Waals surface area contributed by atoms with Crippen LogP contribution in [0.2, 0.25) is 0 Å². The van der Waals surface area contributed by atoms with Gasteiger partial charge in [0.25, 0.3) is 0 Å². The van der Waals surface area contributed by atoms with E-state index in [9.17, 15) is 0 Å². The number of hydrogen-bond acceptors (Lipinski definition) is 3. The van der Waals surface area contributed by atoms with Gasteiger partial charge in [-0.1, -0.05) is 20.8 Å². The van der Waals surface area contributed by atoms with E-state index in [-0.39, 0.29) is 18.4 Å². The Morgan fingerprint density at radius 1 is 0.812 bits per heavy atom. The van der Waals surface area contributed by atoms with Crippen molar-refractivity contribution in [3.63, 3.8) is 0 Å². The molecule has 0 fully saturated rings. The van der Waals surface area contributed by atoms with Crippen molar-refractivity contribution in [3.05, 3.63) is 0 Å². The molecule has 0 aromatic heterocycles. The zero-order valence-electron chi connectivity index (χ0n) is 12.9. The first-order valence-corrected chi connectivity index (χ1v) is 5.32. The maximum Gasteiger partial charge on any atom is 1.00 e. The Balaban J connectivity index is -0.0000000896. The van der Waals surface area contributed by atoms with Crippen molar-refractivity contribution in [2.75, 3.05) is 0 Å². The van der Waals surface area contributed by atoms with Gasteiger partial charge < -0.3 is 20.8 Å². The summed E-state index contributed by atoms with van der Waals surface area (Å²) < 4.78 is 0. The molecule has 0 saturated heterocycles. The molecule has 0 radical (unpaired) electrons. The SMILES string of the molecule is CC(C)(O)C(C)(C)O.CC(O)C(C)(C)C.O.[H+]. The summed E-state index contributed by atoms with van der Waals surface area (Å²) in [5.41, 5.74) is -1.96. The Kier molecular flexibility index (Phi) is 8.66. The minimum atomic E-state index is -1.01. The summed E-state index contributed by atoms with van der Waals surface area (Å²) in [6.07, 6.45) is -0.201. The molecule has 5 N–H and O–H groups in total.